The van der Waals surface area contributed by atoms with E-state index in [9.17, 15) is 4.79 Å². The minimum atomic E-state index is -0.246. The van der Waals surface area contributed by atoms with Gasteiger partial charge in [-0.05, 0) is 49.1 Å². The van der Waals surface area contributed by atoms with Gasteiger partial charge in [-0.3, -0.25) is 4.79 Å². The maximum Gasteiger partial charge on any atom is 0.234 e. The number of carbonyl (C=O) groups is 1. The van der Waals surface area contributed by atoms with Crippen LogP contribution in [0.5, 0.6) is 5.75 Å². The van der Waals surface area contributed by atoms with Crippen molar-refractivity contribution in [2.24, 2.45) is 0 Å². The lowest BCUT2D eigenvalue weighted by molar-refractivity contribution is -0.120. The summed E-state index contributed by atoms with van der Waals surface area (Å²) in [6.07, 6.45) is -0.104. The number of carbonyl (C=O) groups excluding carboxylic acids is 1. The Balaban J connectivity index is 2.94. The van der Waals surface area contributed by atoms with E-state index in [0.29, 0.717) is 6.54 Å². The molecule has 0 atom stereocenters. The summed E-state index contributed by atoms with van der Waals surface area (Å²) in [7, 11) is 1.65. The van der Waals surface area contributed by atoms with Gasteiger partial charge < -0.3 is 10.1 Å². The lowest BCUT2D eigenvalue weighted by Gasteiger charge is -2.16. The number of ether oxygens (including phenoxy) is 1. The summed E-state index contributed by atoms with van der Waals surface area (Å²) < 4.78 is 5.30. The molecule has 0 aromatic heterocycles. The summed E-state index contributed by atoms with van der Waals surface area (Å²) in [5, 5.41) is 11.2. The standard InChI is InChI=1S/C14H18N2O2/c1-9-7-13(18-4)11(3)10(2)12(9)8-16-14(17)5-6-15/h7H,5,8H2,1-4H3,(H,16,17). The predicted molar refractivity (Wildman–Crippen MR) is 69.3 cm³/mol. The lowest BCUT2D eigenvalue weighted by atomic mass is 9.97. The van der Waals surface area contributed by atoms with Crippen molar-refractivity contribution in [3.8, 4) is 11.8 Å². The molecule has 0 aliphatic carbocycles. The zero-order valence-corrected chi connectivity index (χ0v) is 11.3. The molecule has 1 rings (SSSR count). The fourth-order valence-corrected chi connectivity index (χ4v) is 1.90. The molecule has 0 spiro atoms. The average Bonchev–Trinajstić information content (AvgIpc) is 2.34. The molecule has 0 bridgehead atoms. The van der Waals surface area contributed by atoms with Crippen LogP contribution in [0.1, 0.15) is 28.7 Å². The number of aryl methyl sites for hydroxylation is 1. The number of rotatable bonds is 4. The Morgan fingerprint density at radius 3 is 2.61 bits per heavy atom. The van der Waals surface area contributed by atoms with Gasteiger partial charge >= 0.3 is 0 Å². The third-order valence-electron chi connectivity index (χ3n) is 3.13. The minimum Gasteiger partial charge on any atom is -0.496 e. The Morgan fingerprint density at radius 1 is 1.39 bits per heavy atom. The normalized spacial score (nSPS) is 9.72. The van der Waals surface area contributed by atoms with Crippen molar-refractivity contribution in [1.29, 1.82) is 5.26 Å². The molecular formula is C14H18N2O2. The van der Waals surface area contributed by atoms with Crippen LogP contribution in [0.2, 0.25) is 0 Å². The largest absolute Gasteiger partial charge is 0.496 e. The Hall–Kier alpha value is -2.02. The molecule has 0 aliphatic rings. The predicted octanol–water partition coefficient (Wildman–Crippen LogP) is 2.15. The van der Waals surface area contributed by atoms with Crippen molar-refractivity contribution in [1.82, 2.24) is 5.32 Å². The second-order valence-electron chi connectivity index (χ2n) is 4.24. The molecule has 4 heteroatoms. The molecule has 0 radical (unpaired) electrons. The average molecular weight is 246 g/mol. The van der Waals surface area contributed by atoms with Gasteiger partial charge in [-0.1, -0.05) is 0 Å². The summed E-state index contributed by atoms with van der Waals surface area (Å²) in [5.74, 6) is 0.613. The van der Waals surface area contributed by atoms with Gasteiger partial charge in [0.2, 0.25) is 5.91 Å². The van der Waals surface area contributed by atoms with E-state index >= 15 is 0 Å². The smallest absolute Gasteiger partial charge is 0.234 e. The number of nitrogens with one attached hydrogen (secondary N) is 1. The molecule has 1 N–H and O–H groups in total. The monoisotopic (exact) mass is 246 g/mol. The Labute approximate surface area is 108 Å². The van der Waals surface area contributed by atoms with Crippen molar-refractivity contribution in [2.45, 2.75) is 33.7 Å². The van der Waals surface area contributed by atoms with Crippen molar-refractivity contribution in [2.75, 3.05) is 7.11 Å². The van der Waals surface area contributed by atoms with Crippen LogP contribution in [0.4, 0.5) is 0 Å². The van der Waals surface area contributed by atoms with Gasteiger partial charge in [-0.25, -0.2) is 0 Å². The molecule has 96 valence electrons. The summed E-state index contributed by atoms with van der Waals surface area (Å²) in [4.78, 5) is 11.3. The Morgan fingerprint density at radius 2 is 2.06 bits per heavy atom. The highest BCUT2D eigenvalue weighted by Crippen LogP contribution is 2.27. The summed E-state index contributed by atoms with van der Waals surface area (Å²) in [6.45, 7) is 6.44. The molecule has 1 amide bonds. The first kappa shape index (κ1) is 14.0. The van der Waals surface area contributed by atoms with Gasteiger partial charge in [0.05, 0.1) is 13.2 Å². The first-order chi connectivity index (χ1) is 8.51. The van der Waals surface area contributed by atoms with E-state index in [0.717, 1.165) is 28.0 Å². The number of hydrogen-bond acceptors (Lipinski definition) is 3. The molecule has 0 saturated carbocycles. The quantitative estimate of drug-likeness (QED) is 0.885. The number of benzene rings is 1. The molecule has 1 aromatic rings. The first-order valence-corrected chi connectivity index (χ1v) is 5.78. The molecule has 0 fully saturated rings. The molecule has 0 saturated heterocycles. The fourth-order valence-electron chi connectivity index (χ4n) is 1.90. The number of methoxy groups -OCH3 is 1. The lowest BCUT2D eigenvalue weighted by Crippen LogP contribution is -2.23. The van der Waals surface area contributed by atoms with Gasteiger partial charge in [-0.15, -0.1) is 0 Å². The highest BCUT2D eigenvalue weighted by Gasteiger charge is 2.11. The van der Waals surface area contributed by atoms with Crippen LogP contribution in [-0.2, 0) is 11.3 Å². The minimum absolute atomic E-state index is 0.104. The summed E-state index contributed by atoms with van der Waals surface area (Å²) in [6, 6.07) is 3.80. The van der Waals surface area contributed by atoms with E-state index in [-0.39, 0.29) is 12.3 Å². The number of nitrogens with zero attached hydrogens (tertiary/aromatic N) is 1. The zero-order chi connectivity index (χ0) is 13.7. The second-order valence-corrected chi connectivity index (χ2v) is 4.24. The van der Waals surface area contributed by atoms with Gasteiger partial charge in [-0.2, -0.15) is 5.26 Å². The Bertz CT molecular complexity index is 501. The van der Waals surface area contributed by atoms with Gasteiger partial charge in [0.1, 0.15) is 12.2 Å². The van der Waals surface area contributed by atoms with E-state index in [1.54, 1.807) is 7.11 Å². The molecule has 18 heavy (non-hydrogen) atoms. The van der Waals surface area contributed by atoms with Crippen molar-refractivity contribution in [3.05, 3.63) is 28.3 Å². The maximum absolute atomic E-state index is 11.3. The van der Waals surface area contributed by atoms with Gasteiger partial charge in [0, 0.05) is 6.54 Å². The van der Waals surface area contributed by atoms with Crippen LogP contribution in [0, 0.1) is 32.1 Å². The van der Waals surface area contributed by atoms with Gasteiger partial charge in [0.25, 0.3) is 0 Å². The summed E-state index contributed by atoms with van der Waals surface area (Å²) >= 11 is 0. The van der Waals surface area contributed by atoms with Crippen LogP contribution in [0.3, 0.4) is 0 Å². The summed E-state index contributed by atoms with van der Waals surface area (Å²) in [5.41, 5.74) is 4.35. The highest BCUT2D eigenvalue weighted by atomic mass is 16.5. The van der Waals surface area contributed by atoms with Gasteiger partial charge in [0.15, 0.2) is 0 Å². The van der Waals surface area contributed by atoms with Crippen molar-refractivity contribution < 1.29 is 9.53 Å². The van der Waals surface area contributed by atoms with Crippen molar-refractivity contribution >= 4 is 5.91 Å². The SMILES string of the molecule is COc1cc(C)c(CNC(=O)CC#N)c(C)c1C. The third-order valence-corrected chi connectivity index (χ3v) is 3.13. The fraction of sp³-hybridized carbons (Fsp3) is 0.429. The van der Waals surface area contributed by atoms with Crippen LogP contribution in [0.25, 0.3) is 0 Å². The maximum atomic E-state index is 11.3. The van der Waals surface area contributed by atoms with E-state index in [4.69, 9.17) is 10.00 Å². The molecule has 0 unspecified atom stereocenters. The van der Waals surface area contributed by atoms with E-state index < -0.39 is 0 Å². The first-order valence-electron chi connectivity index (χ1n) is 5.78. The molecule has 1 aromatic carbocycles. The number of hydrogen-bond donors (Lipinski definition) is 1. The molecule has 4 nitrogen and oxygen atoms in total. The second kappa shape index (κ2) is 6.06. The van der Waals surface area contributed by atoms with E-state index in [1.165, 1.54) is 0 Å². The molecular weight excluding hydrogens is 228 g/mol. The number of amides is 1. The van der Waals surface area contributed by atoms with E-state index in [1.807, 2.05) is 32.9 Å². The highest BCUT2D eigenvalue weighted by molar-refractivity contribution is 5.78. The topological polar surface area (TPSA) is 62.1 Å². The van der Waals surface area contributed by atoms with Crippen LogP contribution in [-0.4, -0.2) is 13.0 Å². The third kappa shape index (κ3) is 3.01. The van der Waals surface area contributed by atoms with Crippen LogP contribution in [0.15, 0.2) is 6.07 Å². The number of nitriles is 1. The van der Waals surface area contributed by atoms with Crippen LogP contribution < -0.4 is 10.1 Å². The van der Waals surface area contributed by atoms with E-state index in [2.05, 4.69) is 5.32 Å². The van der Waals surface area contributed by atoms with Crippen molar-refractivity contribution in [3.63, 3.8) is 0 Å². The molecule has 0 aliphatic heterocycles. The van der Waals surface area contributed by atoms with Crippen LogP contribution >= 0.6 is 0 Å². The molecule has 0 heterocycles. The Kier molecular flexibility index (Phi) is 4.73. The zero-order valence-electron chi connectivity index (χ0n) is 11.3.